The zero-order chi connectivity index (χ0) is 13.9. The van der Waals surface area contributed by atoms with E-state index in [0.29, 0.717) is 5.46 Å². The molecule has 2 heterocycles. The lowest BCUT2D eigenvalue weighted by Gasteiger charge is -2.44. The lowest BCUT2D eigenvalue weighted by Crippen LogP contribution is -2.54. The van der Waals surface area contributed by atoms with Crippen molar-refractivity contribution in [3.63, 3.8) is 0 Å². The van der Waals surface area contributed by atoms with Gasteiger partial charge in [-0.25, -0.2) is 0 Å². The summed E-state index contributed by atoms with van der Waals surface area (Å²) in [5, 5.41) is 18.5. The van der Waals surface area contributed by atoms with Gasteiger partial charge >= 0.3 is 7.12 Å². The molecular formula is C15H23BN2O2. The van der Waals surface area contributed by atoms with Gasteiger partial charge in [-0.2, -0.15) is 0 Å². The number of nitrogens with zero attached hydrogens (tertiary/aromatic N) is 2. The average Bonchev–Trinajstić information content (AvgIpc) is 2.47. The van der Waals surface area contributed by atoms with Gasteiger partial charge in [0.1, 0.15) is 0 Å². The summed E-state index contributed by atoms with van der Waals surface area (Å²) in [6.45, 7) is 5.61. The smallest absolute Gasteiger partial charge is 0.423 e. The molecule has 0 bridgehead atoms. The van der Waals surface area contributed by atoms with E-state index < -0.39 is 7.12 Å². The number of piperazine rings is 1. The van der Waals surface area contributed by atoms with Crippen LogP contribution >= 0.6 is 0 Å². The van der Waals surface area contributed by atoms with Crippen molar-refractivity contribution in [2.24, 2.45) is 0 Å². The van der Waals surface area contributed by atoms with Gasteiger partial charge in [-0.3, -0.25) is 9.80 Å². The summed E-state index contributed by atoms with van der Waals surface area (Å²) < 4.78 is 0. The van der Waals surface area contributed by atoms with Crippen LogP contribution in [-0.2, 0) is 6.54 Å². The second kappa shape index (κ2) is 6.27. The van der Waals surface area contributed by atoms with Crippen molar-refractivity contribution in [2.45, 2.75) is 31.8 Å². The first-order valence-corrected chi connectivity index (χ1v) is 7.64. The van der Waals surface area contributed by atoms with E-state index in [1.54, 1.807) is 6.07 Å². The third-order valence-corrected chi connectivity index (χ3v) is 4.58. The molecule has 1 aromatic rings. The predicted octanol–water partition coefficient (Wildman–Crippen LogP) is 0.0365. The number of hydrogen-bond acceptors (Lipinski definition) is 4. The summed E-state index contributed by atoms with van der Waals surface area (Å²) in [4.78, 5) is 5.13. The fourth-order valence-corrected chi connectivity index (χ4v) is 3.47. The van der Waals surface area contributed by atoms with E-state index in [-0.39, 0.29) is 0 Å². The van der Waals surface area contributed by atoms with Crippen LogP contribution in [0.2, 0.25) is 0 Å². The second-order valence-corrected chi connectivity index (χ2v) is 6.04. The molecule has 0 radical (unpaired) electrons. The van der Waals surface area contributed by atoms with Gasteiger partial charge in [0.05, 0.1) is 0 Å². The van der Waals surface area contributed by atoms with Crippen molar-refractivity contribution in [1.82, 2.24) is 9.80 Å². The first-order chi connectivity index (χ1) is 9.72. The minimum Gasteiger partial charge on any atom is -0.423 e. The van der Waals surface area contributed by atoms with Gasteiger partial charge in [-0.1, -0.05) is 30.7 Å². The normalized spacial score (nSPS) is 24.4. The van der Waals surface area contributed by atoms with Gasteiger partial charge in [0, 0.05) is 32.2 Å². The second-order valence-electron chi connectivity index (χ2n) is 6.04. The minimum atomic E-state index is -1.37. The highest BCUT2D eigenvalue weighted by atomic mass is 16.4. The molecule has 108 valence electrons. The van der Waals surface area contributed by atoms with Crippen molar-refractivity contribution in [2.75, 3.05) is 26.2 Å². The molecule has 20 heavy (non-hydrogen) atoms. The summed E-state index contributed by atoms with van der Waals surface area (Å²) in [6.07, 6.45) is 4.04. The SMILES string of the molecule is OB(O)c1cccc(CN2CCN3CCCCC3C2)c1. The molecule has 2 N–H and O–H groups in total. The maximum absolute atomic E-state index is 9.24. The molecule has 0 aromatic heterocycles. The van der Waals surface area contributed by atoms with Crippen LogP contribution in [0.15, 0.2) is 24.3 Å². The molecule has 1 aromatic carbocycles. The van der Waals surface area contributed by atoms with Crippen LogP contribution in [0.4, 0.5) is 0 Å². The molecule has 2 saturated heterocycles. The lowest BCUT2D eigenvalue weighted by molar-refractivity contribution is 0.0457. The number of rotatable bonds is 3. The average molecular weight is 274 g/mol. The summed E-state index contributed by atoms with van der Waals surface area (Å²) in [7, 11) is -1.37. The fourth-order valence-electron chi connectivity index (χ4n) is 3.47. The molecule has 5 heteroatoms. The van der Waals surface area contributed by atoms with Crippen LogP contribution in [-0.4, -0.2) is 59.2 Å². The van der Waals surface area contributed by atoms with Crippen LogP contribution < -0.4 is 5.46 Å². The maximum Gasteiger partial charge on any atom is 0.488 e. The minimum absolute atomic E-state index is 0.582. The van der Waals surface area contributed by atoms with Gasteiger partial charge in [0.15, 0.2) is 0 Å². The Balaban J connectivity index is 1.62. The first kappa shape index (κ1) is 14.1. The Morgan fingerprint density at radius 3 is 2.90 bits per heavy atom. The fraction of sp³-hybridized carbons (Fsp3) is 0.600. The number of benzene rings is 1. The Morgan fingerprint density at radius 2 is 2.05 bits per heavy atom. The van der Waals surface area contributed by atoms with Gasteiger partial charge in [-0.05, 0) is 30.4 Å². The molecule has 1 unspecified atom stereocenters. The summed E-state index contributed by atoms with van der Waals surface area (Å²) in [6, 6.07) is 8.36. The van der Waals surface area contributed by atoms with Crippen molar-refractivity contribution >= 4 is 12.6 Å². The highest BCUT2D eigenvalue weighted by molar-refractivity contribution is 6.58. The molecule has 0 amide bonds. The van der Waals surface area contributed by atoms with Crippen molar-refractivity contribution in [3.05, 3.63) is 29.8 Å². The van der Waals surface area contributed by atoms with E-state index in [1.807, 2.05) is 12.1 Å². The van der Waals surface area contributed by atoms with Gasteiger partial charge < -0.3 is 10.0 Å². The van der Waals surface area contributed by atoms with Crippen LogP contribution in [0.25, 0.3) is 0 Å². The summed E-state index contributed by atoms with van der Waals surface area (Å²) in [5.41, 5.74) is 1.75. The third-order valence-electron chi connectivity index (χ3n) is 4.58. The number of hydrogen-bond donors (Lipinski definition) is 2. The Labute approximate surface area is 121 Å². The van der Waals surface area contributed by atoms with Crippen LogP contribution in [0.3, 0.4) is 0 Å². The molecule has 1 atom stereocenters. The third kappa shape index (κ3) is 3.23. The summed E-state index contributed by atoms with van der Waals surface area (Å²) >= 11 is 0. The zero-order valence-corrected chi connectivity index (χ0v) is 11.9. The maximum atomic E-state index is 9.24. The highest BCUT2D eigenvalue weighted by Crippen LogP contribution is 2.21. The Kier molecular flexibility index (Phi) is 4.41. The van der Waals surface area contributed by atoms with Crippen molar-refractivity contribution in [3.8, 4) is 0 Å². The molecule has 4 nitrogen and oxygen atoms in total. The zero-order valence-electron chi connectivity index (χ0n) is 11.9. The van der Waals surface area contributed by atoms with E-state index >= 15 is 0 Å². The van der Waals surface area contributed by atoms with Crippen molar-refractivity contribution < 1.29 is 10.0 Å². The van der Waals surface area contributed by atoms with E-state index in [0.717, 1.165) is 25.7 Å². The van der Waals surface area contributed by atoms with Gasteiger partial charge in [-0.15, -0.1) is 0 Å². The quantitative estimate of drug-likeness (QED) is 0.764. The number of fused-ring (bicyclic) bond motifs is 1. The standard InChI is InChI=1S/C15H23BN2O2/c19-16(20)14-5-3-4-13(10-14)11-17-8-9-18-7-2-1-6-15(18)12-17/h3-5,10,15,19-20H,1-2,6-9,11-12H2. The van der Waals surface area contributed by atoms with E-state index in [1.165, 1.54) is 37.9 Å². The van der Waals surface area contributed by atoms with E-state index in [9.17, 15) is 10.0 Å². The molecule has 0 aliphatic carbocycles. The number of piperidine rings is 1. The molecule has 2 fully saturated rings. The summed E-state index contributed by atoms with van der Waals surface area (Å²) in [5.74, 6) is 0. The van der Waals surface area contributed by atoms with Gasteiger partial charge in [0.25, 0.3) is 0 Å². The lowest BCUT2D eigenvalue weighted by atomic mass is 9.79. The Bertz CT molecular complexity index is 455. The first-order valence-electron chi connectivity index (χ1n) is 7.64. The predicted molar refractivity (Wildman–Crippen MR) is 80.8 cm³/mol. The van der Waals surface area contributed by atoms with Crippen LogP contribution in [0.1, 0.15) is 24.8 Å². The largest absolute Gasteiger partial charge is 0.488 e. The molecule has 0 saturated carbocycles. The highest BCUT2D eigenvalue weighted by Gasteiger charge is 2.28. The topological polar surface area (TPSA) is 46.9 Å². The van der Waals surface area contributed by atoms with E-state index in [2.05, 4.69) is 15.9 Å². The Morgan fingerprint density at radius 1 is 1.15 bits per heavy atom. The molecule has 2 aliphatic heterocycles. The molecular weight excluding hydrogens is 251 g/mol. The van der Waals surface area contributed by atoms with E-state index in [4.69, 9.17) is 0 Å². The van der Waals surface area contributed by atoms with Gasteiger partial charge in [0.2, 0.25) is 0 Å². The molecule has 0 spiro atoms. The van der Waals surface area contributed by atoms with Crippen LogP contribution in [0.5, 0.6) is 0 Å². The monoisotopic (exact) mass is 274 g/mol. The molecule has 3 rings (SSSR count). The Hall–Kier alpha value is -0.875. The molecule has 2 aliphatic rings. The van der Waals surface area contributed by atoms with Crippen LogP contribution in [0, 0.1) is 0 Å². The van der Waals surface area contributed by atoms with Crippen molar-refractivity contribution in [1.29, 1.82) is 0 Å².